The van der Waals surface area contributed by atoms with Crippen LogP contribution in [0.3, 0.4) is 0 Å². The minimum absolute atomic E-state index is 0.489. The quantitative estimate of drug-likeness (QED) is 0.786. The molecule has 0 saturated carbocycles. The number of methoxy groups -OCH3 is 1. The van der Waals surface area contributed by atoms with Crippen molar-refractivity contribution in [3.8, 4) is 11.8 Å². The molecule has 0 bridgehead atoms. The lowest BCUT2D eigenvalue weighted by molar-refractivity contribution is 0.172. The number of anilines is 1. The van der Waals surface area contributed by atoms with Crippen molar-refractivity contribution in [3.63, 3.8) is 0 Å². The van der Waals surface area contributed by atoms with Gasteiger partial charge in [0.1, 0.15) is 5.75 Å². The van der Waals surface area contributed by atoms with Gasteiger partial charge in [0, 0.05) is 24.6 Å². The molecule has 0 amide bonds. The van der Waals surface area contributed by atoms with Crippen LogP contribution in [0, 0.1) is 16.7 Å². The molecule has 0 aromatic heterocycles. The van der Waals surface area contributed by atoms with Gasteiger partial charge in [-0.2, -0.15) is 5.26 Å². The highest BCUT2D eigenvalue weighted by atomic mass is 16.5. The molecule has 0 spiro atoms. The Morgan fingerprint density at radius 1 is 1.25 bits per heavy atom. The molecule has 0 aliphatic carbocycles. The monoisotopic (exact) mass is 272 g/mol. The summed E-state index contributed by atoms with van der Waals surface area (Å²) in [4.78, 5) is 2.38. The van der Waals surface area contributed by atoms with Crippen molar-refractivity contribution in [1.29, 1.82) is 5.26 Å². The first-order chi connectivity index (χ1) is 9.68. The van der Waals surface area contributed by atoms with E-state index in [0.29, 0.717) is 11.0 Å². The topological polar surface area (TPSA) is 36.3 Å². The lowest BCUT2D eigenvalue weighted by Gasteiger charge is -2.52. The number of nitriles is 1. The van der Waals surface area contributed by atoms with Crippen molar-refractivity contribution >= 4 is 5.69 Å². The van der Waals surface area contributed by atoms with Gasteiger partial charge in [-0.25, -0.2) is 0 Å². The summed E-state index contributed by atoms with van der Waals surface area (Å²) >= 11 is 0. The van der Waals surface area contributed by atoms with Crippen molar-refractivity contribution in [2.45, 2.75) is 39.5 Å². The van der Waals surface area contributed by atoms with Crippen LogP contribution in [0.15, 0.2) is 18.2 Å². The Morgan fingerprint density at radius 3 is 2.40 bits per heavy atom. The van der Waals surface area contributed by atoms with Gasteiger partial charge >= 0.3 is 0 Å². The van der Waals surface area contributed by atoms with Crippen LogP contribution in [0.2, 0.25) is 0 Å². The van der Waals surface area contributed by atoms with E-state index in [1.54, 1.807) is 7.11 Å². The first-order valence-electron chi connectivity index (χ1n) is 7.51. The van der Waals surface area contributed by atoms with Crippen LogP contribution in [0.4, 0.5) is 5.69 Å². The summed E-state index contributed by atoms with van der Waals surface area (Å²) in [6.45, 7) is 6.75. The second kappa shape index (κ2) is 6.17. The highest BCUT2D eigenvalue weighted by Gasteiger charge is 2.42. The second-order valence-corrected chi connectivity index (χ2v) is 5.85. The fourth-order valence-electron chi connectivity index (χ4n) is 3.44. The van der Waals surface area contributed by atoms with Gasteiger partial charge in [-0.1, -0.05) is 26.7 Å². The van der Waals surface area contributed by atoms with E-state index in [9.17, 15) is 0 Å². The fraction of sp³-hybridized carbons (Fsp3) is 0.588. The van der Waals surface area contributed by atoms with E-state index in [0.717, 1.165) is 24.5 Å². The molecule has 3 heteroatoms. The van der Waals surface area contributed by atoms with Crippen molar-refractivity contribution in [1.82, 2.24) is 0 Å². The highest BCUT2D eigenvalue weighted by Crippen LogP contribution is 2.44. The van der Waals surface area contributed by atoms with Gasteiger partial charge in [0.15, 0.2) is 0 Å². The summed E-state index contributed by atoms with van der Waals surface area (Å²) in [6, 6.07) is 7.88. The van der Waals surface area contributed by atoms with Crippen molar-refractivity contribution in [2.24, 2.45) is 5.41 Å². The molecule has 1 fully saturated rings. The maximum Gasteiger partial charge on any atom is 0.143 e. The molecular formula is C17H24N2O. The Kier molecular flexibility index (Phi) is 4.54. The van der Waals surface area contributed by atoms with Crippen LogP contribution in [-0.4, -0.2) is 20.2 Å². The SMILES string of the molecule is CCCC1(CCC)CN(c2ccc(C#N)cc2OC)C1. The van der Waals surface area contributed by atoms with Gasteiger partial charge in [0.25, 0.3) is 0 Å². The molecule has 1 aromatic carbocycles. The molecule has 3 nitrogen and oxygen atoms in total. The first-order valence-corrected chi connectivity index (χ1v) is 7.51. The number of rotatable bonds is 6. The molecule has 20 heavy (non-hydrogen) atoms. The number of nitrogens with zero attached hydrogens (tertiary/aromatic N) is 2. The van der Waals surface area contributed by atoms with Gasteiger partial charge in [-0.05, 0) is 25.0 Å². The van der Waals surface area contributed by atoms with E-state index in [-0.39, 0.29) is 0 Å². The zero-order valence-corrected chi connectivity index (χ0v) is 12.8. The molecule has 1 aromatic rings. The Labute approximate surface area is 122 Å². The molecule has 1 saturated heterocycles. The van der Waals surface area contributed by atoms with E-state index in [4.69, 9.17) is 10.00 Å². The van der Waals surface area contributed by atoms with Crippen LogP contribution in [0.25, 0.3) is 0 Å². The molecule has 2 rings (SSSR count). The molecule has 1 aliphatic heterocycles. The average Bonchev–Trinajstić information content (AvgIpc) is 2.43. The third kappa shape index (κ3) is 2.75. The highest BCUT2D eigenvalue weighted by molar-refractivity contribution is 5.63. The molecule has 0 radical (unpaired) electrons. The van der Waals surface area contributed by atoms with Crippen LogP contribution in [0.5, 0.6) is 5.75 Å². The molecule has 0 unspecified atom stereocenters. The van der Waals surface area contributed by atoms with E-state index >= 15 is 0 Å². The van der Waals surface area contributed by atoms with Gasteiger partial charge in [0.2, 0.25) is 0 Å². The maximum absolute atomic E-state index is 8.96. The number of ether oxygens (including phenoxy) is 1. The number of hydrogen-bond acceptors (Lipinski definition) is 3. The van der Waals surface area contributed by atoms with E-state index in [1.807, 2.05) is 18.2 Å². The molecule has 1 aliphatic rings. The summed E-state index contributed by atoms with van der Waals surface area (Å²) < 4.78 is 5.44. The lowest BCUT2D eigenvalue weighted by Crippen LogP contribution is -2.56. The Balaban J connectivity index is 2.14. The number of hydrogen-bond donors (Lipinski definition) is 0. The zero-order valence-electron chi connectivity index (χ0n) is 12.8. The summed E-state index contributed by atoms with van der Waals surface area (Å²) in [5, 5.41) is 8.96. The second-order valence-electron chi connectivity index (χ2n) is 5.85. The van der Waals surface area contributed by atoms with Crippen LogP contribution in [0.1, 0.15) is 45.1 Å². The summed E-state index contributed by atoms with van der Waals surface area (Å²) in [5.74, 6) is 0.811. The standard InChI is InChI=1S/C17H24N2O/c1-4-8-17(9-5-2)12-19(13-17)15-7-6-14(11-18)10-16(15)20-3/h6-7,10H,4-5,8-9,12-13H2,1-3H3. The summed E-state index contributed by atoms with van der Waals surface area (Å²) in [5.41, 5.74) is 2.26. The Hall–Kier alpha value is -1.69. The van der Waals surface area contributed by atoms with Gasteiger partial charge in [-0.15, -0.1) is 0 Å². The summed E-state index contributed by atoms with van der Waals surface area (Å²) in [6.07, 6.45) is 5.10. The molecule has 1 heterocycles. The Morgan fingerprint density at radius 2 is 1.90 bits per heavy atom. The largest absolute Gasteiger partial charge is 0.495 e. The van der Waals surface area contributed by atoms with Gasteiger partial charge in [0.05, 0.1) is 24.4 Å². The molecule has 0 atom stereocenters. The predicted molar refractivity (Wildman–Crippen MR) is 82.2 cm³/mol. The van der Waals surface area contributed by atoms with E-state index in [2.05, 4.69) is 24.8 Å². The van der Waals surface area contributed by atoms with Gasteiger partial charge in [-0.3, -0.25) is 0 Å². The van der Waals surface area contributed by atoms with Gasteiger partial charge < -0.3 is 9.64 Å². The Bertz CT molecular complexity index is 490. The maximum atomic E-state index is 8.96. The zero-order chi connectivity index (χ0) is 14.6. The predicted octanol–water partition coefficient (Wildman–Crippen LogP) is 3.97. The minimum Gasteiger partial charge on any atom is -0.495 e. The average molecular weight is 272 g/mol. The van der Waals surface area contributed by atoms with E-state index in [1.165, 1.54) is 25.7 Å². The molecule has 108 valence electrons. The number of benzene rings is 1. The molecule has 0 N–H and O–H groups in total. The van der Waals surface area contributed by atoms with Crippen LogP contribution < -0.4 is 9.64 Å². The smallest absolute Gasteiger partial charge is 0.143 e. The van der Waals surface area contributed by atoms with Crippen molar-refractivity contribution in [3.05, 3.63) is 23.8 Å². The van der Waals surface area contributed by atoms with Crippen LogP contribution in [-0.2, 0) is 0 Å². The van der Waals surface area contributed by atoms with E-state index < -0.39 is 0 Å². The minimum atomic E-state index is 0.489. The first kappa shape index (κ1) is 14.7. The molecular weight excluding hydrogens is 248 g/mol. The van der Waals surface area contributed by atoms with Crippen molar-refractivity contribution < 1.29 is 4.74 Å². The fourth-order valence-corrected chi connectivity index (χ4v) is 3.44. The third-order valence-corrected chi connectivity index (χ3v) is 4.26. The third-order valence-electron chi connectivity index (χ3n) is 4.26. The van der Waals surface area contributed by atoms with Crippen LogP contribution >= 0.6 is 0 Å². The van der Waals surface area contributed by atoms with Crippen molar-refractivity contribution in [2.75, 3.05) is 25.1 Å². The normalized spacial score (nSPS) is 16.4. The lowest BCUT2D eigenvalue weighted by atomic mass is 9.72. The summed E-state index contributed by atoms with van der Waals surface area (Å²) in [7, 11) is 1.67.